The number of hydrogen-bond acceptors (Lipinski definition) is 4. The lowest BCUT2D eigenvalue weighted by Gasteiger charge is -2.25. The topological polar surface area (TPSA) is 81.4 Å². The largest absolute Gasteiger partial charge is 0.508 e. The van der Waals surface area contributed by atoms with Crippen molar-refractivity contribution in [3.8, 4) is 11.8 Å². The lowest BCUT2D eigenvalue weighted by molar-refractivity contribution is 0.475. The maximum Gasteiger partial charge on any atom is 0.251 e. The molecule has 0 spiro atoms. The molecule has 0 amide bonds. The van der Waals surface area contributed by atoms with Gasteiger partial charge in [-0.25, -0.2) is 8.42 Å². The van der Waals surface area contributed by atoms with E-state index in [0.29, 0.717) is 5.69 Å². The summed E-state index contributed by atoms with van der Waals surface area (Å²) in [5, 5.41) is 17.1. The number of phenols is 1. The number of hydrogen-bond donors (Lipinski definition) is 1. The summed E-state index contributed by atoms with van der Waals surface area (Å²) in [6, 6.07) is 6.25. The Morgan fingerprint density at radius 3 is 2.61 bits per heavy atom. The summed E-state index contributed by atoms with van der Waals surface area (Å²) >= 11 is 0. The van der Waals surface area contributed by atoms with Crippen molar-refractivity contribution in [2.45, 2.75) is 26.0 Å². The first kappa shape index (κ1) is 14.3. The highest BCUT2D eigenvalue weighted by atomic mass is 32.2. The maximum atomic E-state index is 12.2. The molecule has 1 unspecified atom stereocenters. The normalized spacial score (nSPS) is 12.8. The van der Waals surface area contributed by atoms with Crippen molar-refractivity contribution in [2.75, 3.05) is 10.8 Å². The Labute approximate surface area is 107 Å². The van der Waals surface area contributed by atoms with E-state index in [-0.39, 0.29) is 12.3 Å². The quantitative estimate of drug-likeness (QED) is 0.902. The SMILES string of the molecule is CCN(c1cc(O)ccc1C)S(=O)(=O)C(C)C#N. The van der Waals surface area contributed by atoms with Crippen LogP contribution in [0.25, 0.3) is 0 Å². The Bertz CT molecular complexity index is 575. The predicted octanol–water partition coefficient (Wildman–Crippen LogP) is 1.77. The number of benzene rings is 1. The van der Waals surface area contributed by atoms with Crippen molar-refractivity contribution in [2.24, 2.45) is 0 Å². The van der Waals surface area contributed by atoms with E-state index >= 15 is 0 Å². The van der Waals surface area contributed by atoms with Gasteiger partial charge in [-0.3, -0.25) is 4.31 Å². The highest BCUT2D eigenvalue weighted by molar-refractivity contribution is 7.93. The van der Waals surface area contributed by atoms with Crippen molar-refractivity contribution in [1.29, 1.82) is 5.26 Å². The molecule has 0 aliphatic rings. The summed E-state index contributed by atoms with van der Waals surface area (Å²) < 4.78 is 25.5. The van der Waals surface area contributed by atoms with Gasteiger partial charge in [0.25, 0.3) is 10.0 Å². The average molecular weight is 268 g/mol. The molecule has 1 N–H and O–H groups in total. The second-order valence-electron chi connectivity index (χ2n) is 3.95. The molecule has 1 aromatic rings. The van der Waals surface area contributed by atoms with Crippen LogP contribution in [0, 0.1) is 18.3 Å². The molecule has 0 aliphatic carbocycles. The molecule has 6 heteroatoms. The molecule has 18 heavy (non-hydrogen) atoms. The summed E-state index contributed by atoms with van der Waals surface area (Å²) in [7, 11) is -3.73. The number of nitriles is 1. The third-order valence-corrected chi connectivity index (χ3v) is 4.75. The fourth-order valence-corrected chi connectivity index (χ4v) is 2.96. The van der Waals surface area contributed by atoms with E-state index in [4.69, 9.17) is 5.26 Å². The van der Waals surface area contributed by atoms with Crippen molar-refractivity contribution in [1.82, 2.24) is 0 Å². The number of anilines is 1. The molecule has 0 aromatic heterocycles. The van der Waals surface area contributed by atoms with E-state index in [0.717, 1.165) is 9.87 Å². The van der Waals surface area contributed by atoms with E-state index in [1.54, 1.807) is 26.0 Å². The van der Waals surface area contributed by atoms with Gasteiger partial charge in [0.1, 0.15) is 5.75 Å². The van der Waals surface area contributed by atoms with E-state index < -0.39 is 15.3 Å². The van der Waals surface area contributed by atoms with Gasteiger partial charge in [-0.15, -0.1) is 0 Å². The zero-order valence-corrected chi connectivity index (χ0v) is 11.4. The van der Waals surface area contributed by atoms with Crippen molar-refractivity contribution in [3.63, 3.8) is 0 Å². The monoisotopic (exact) mass is 268 g/mol. The van der Waals surface area contributed by atoms with Crippen LogP contribution in [-0.2, 0) is 10.0 Å². The van der Waals surface area contributed by atoms with E-state index in [1.165, 1.54) is 19.1 Å². The molecule has 1 atom stereocenters. The average Bonchev–Trinajstić information content (AvgIpc) is 2.33. The first-order chi connectivity index (χ1) is 8.34. The van der Waals surface area contributed by atoms with Crippen LogP contribution in [0.15, 0.2) is 18.2 Å². The van der Waals surface area contributed by atoms with E-state index in [9.17, 15) is 13.5 Å². The highest BCUT2D eigenvalue weighted by Crippen LogP contribution is 2.28. The minimum atomic E-state index is -3.73. The van der Waals surface area contributed by atoms with Crippen molar-refractivity contribution < 1.29 is 13.5 Å². The fourth-order valence-electron chi connectivity index (χ4n) is 1.61. The zero-order valence-electron chi connectivity index (χ0n) is 10.6. The summed E-state index contributed by atoms with van der Waals surface area (Å²) in [4.78, 5) is 0. The minimum Gasteiger partial charge on any atom is -0.508 e. The van der Waals surface area contributed by atoms with Crippen LogP contribution in [0.3, 0.4) is 0 Å². The Kier molecular flexibility index (Phi) is 4.19. The lowest BCUT2D eigenvalue weighted by Crippen LogP contribution is -2.37. The van der Waals surface area contributed by atoms with Crippen LogP contribution in [0.1, 0.15) is 19.4 Å². The molecule has 0 aliphatic heterocycles. The van der Waals surface area contributed by atoms with Crippen LogP contribution in [0.5, 0.6) is 5.75 Å². The first-order valence-electron chi connectivity index (χ1n) is 5.55. The summed E-state index contributed by atoms with van der Waals surface area (Å²) in [6.07, 6.45) is 0. The molecule has 0 saturated carbocycles. The highest BCUT2D eigenvalue weighted by Gasteiger charge is 2.29. The Hall–Kier alpha value is -1.74. The molecule has 0 bridgehead atoms. The van der Waals surface area contributed by atoms with E-state index in [1.807, 2.05) is 0 Å². The van der Waals surface area contributed by atoms with E-state index in [2.05, 4.69) is 0 Å². The van der Waals surface area contributed by atoms with Crippen LogP contribution in [-0.4, -0.2) is 25.3 Å². The number of aryl methyl sites for hydroxylation is 1. The summed E-state index contributed by atoms with van der Waals surface area (Å²) in [6.45, 7) is 4.99. The van der Waals surface area contributed by atoms with Gasteiger partial charge < -0.3 is 5.11 Å². The standard InChI is InChI=1S/C12H16N2O3S/c1-4-14(18(16,17)10(3)8-13)12-7-11(15)6-5-9(12)2/h5-7,10,15H,4H2,1-3H3. The molecule has 0 heterocycles. The number of sulfonamides is 1. The summed E-state index contributed by atoms with van der Waals surface area (Å²) in [5.41, 5.74) is 1.13. The van der Waals surface area contributed by atoms with Gasteiger partial charge in [-0.2, -0.15) is 5.26 Å². The van der Waals surface area contributed by atoms with Gasteiger partial charge in [0.05, 0.1) is 11.8 Å². The molecule has 1 rings (SSSR count). The predicted molar refractivity (Wildman–Crippen MR) is 69.9 cm³/mol. The number of phenolic OH excluding ortho intramolecular Hbond substituents is 1. The second kappa shape index (κ2) is 5.27. The molecule has 1 aromatic carbocycles. The van der Waals surface area contributed by atoms with Gasteiger partial charge >= 0.3 is 0 Å². The zero-order chi connectivity index (χ0) is 13.9. The third kappa shape index (κ3) is 2.57. The minimum absolute atomic E-state index is 0.00568. The third-order valence-electron chi connectivity index (χ3n) is 2.68. The van der Waals surface area contributed by atoms with Gasteiger partial charge in [0.15, 0.2) is 5.25 Å². The molecule has 0 fully saturated rings. The first-order valence-corrected chi connectivity index (χ1v) is 7.05. The van der Waals surface area contributed by atoms with Crippen molar-refractivity contribution >= 4 is 15.7 Å². The smallest absolute Gasteiger partial charge is 0.251 e. The maximum absolute atomic E-state index is 12.2. The van der Waals surface area contributed by atoms with Crippen LogP contribution >= 0.6 is 0 Å². The Morgan fingerprint density at radius 2 is 2.11 bits per heavy atom. The number of aromatic hydroxyl groups is 1. The molecule has 0 radical (unpaired) electrons. The molecular weight excluding hydrogens is 252 g/mol. The lowest BCUT2D eigenvalue weighted by atomic mass is 10.2. The molecular formula is C12H16N2O3S. The Balaban J connectivity index is 3.36. The van der Waals surface area contributed by atoms with Crippen LogP contribution in [0.2, 0.25) is 0 Å². The van der Waals surface area contributed by atoms with Gasteiger partial charge in [0, 0.05) is 12.6 Å². The summed E-state index contributed by atoms with van der Waals surface area (Å²) in [5.74, 6) is -0.00568. The molecule has 98 valence electrons. The van der Waals surface area contributed by atoms with Gasteiger partial charge in [-0.05, 0) is 32.4 Å². The van der Waals surface area contributed by atoms with Crippen molar-refractivity contribution in [3.05, 3.63) is 23.8 Å². The van der Waals surface area contributed by atoms with Gasteiger partial charge in [-0.1, -0.05) is 6.07 Å². The van der Waals surface area contributed by atoms with Gasteiger partial charge in [0.2, 0.25) is 0 Å². The molecule has 5 nitrogen and oxygen atoms in total. The fraction of sp³-hybridized carbons (Fsp3) is 0.417. The molecule has 0 saturated heterocycles. The second-order valence-corrected chi connectivity index (χ2v) is 6.13. The number of rotatable bonds is 4. The van der Waals surface area contributed by atoms with Crippen LogP contribution < -0.4 is 4.31 Å². The number of nitrogens with zero attached hydrogens (tertiary/aromatic N) is 2. The Morgan fingerprint density at radius 1 is 1.50 bits per heavy atom. The van der Waals surface area contributed by atoms with Crippen LogP contribution in [0.4, 0.5) is 5.69 Å².